The van der Waals surface area contributed by atoms with Crippen molar-refractivity contribution in [2.24, 2.45) is 4.99 Å². The number of hydrogen-bond acceptors (Lipinski definition) is 2. The number of aliphatic imine (C=N–C) groups is 1. The summed E-state index contributed by atoms with van der Waals surface area (Å²) in [6.07, 6.45) is 5.21. The molecule has 0 bridgehead atoms. The molecule has 0 aliphatic carbocycles. The SMILES string of the molecule is S=[N+]1C=CN=CC1. The summed E-state index contributed by atoms with van der Waals surface area (Å²) in [5, 5.41) is 0. The lowest BCUT2D eigenvalue weighted by atomic mass is 10.6. The molecule has 2 nitrogen and oxygen atoms in total. The van der Waals surface area contributed by atoms with E-state index in [1.807, 2.05) is 0 Å². The van der Waals surface area contributed by atoms with E-state index in [4.69, 9.17) is 12.4 Å². The van der Waals surface area contributed by atoms with E-state index in [-0.39, 0.29) is 0 Å². The third-order valence-corrected chi connectivity index (χ3v) is 0.957. The predicted octanol–water partition coefficient (Wildman–Crippen LogP) is 0.285. The first-order chi connectivity index (χ1) is 3.39. The first-order valence-corrected chi connectivity index (χ1v) is 2.38. The van der Waals surface area contributed by atoms with E-state index in [9.17, 15) is 0 Å². The van der Waals surface area contributed by atoms with E-state index in [1.165, 1.54) is 0 Å². The smallest absolute Gasteiger partial charge is 0.256 e. The first-order valence-electron chi connectivity index (χ1n) is 2.01. The zero-order valence-corrected chi connectivity index (χ0v) is 4.56. The van der Waals surface area contributed by atoms with Crippen LogP contribution in [0.1, 0.15) is 0 Å². The molecule has 0 atom stereocenters. The molecular formula is C4H5N2S+. The molecule has 1 heterocycles. The van der Waals surface area contributed by atoms with Crippen molar-refractivity contribution in [3.8, 4) is 0 Å². The van der Waals surface area contributed by atoms with Crippen molar-refractivity contribution >= 4 is 18.6 Å². The van der Waals surface area contributed by atoms with E-state index in [2.05, 4.69) is 4.99 Å². The lowest BCUT2D eigenvalue weighted by Crippen LogP contribution is -2.05. The van der Waals surface area contributed by atoms with Crippen LogP contribution in [0.4, 0.5) is 0 Å². The number of rotatable bonds is 0. The molecular weight excluding hydrogens is 108 g/mol. The van der Waals surface area contributed by atoms with Crippen LogP contribution in [0.2, 0.25) is 0 Å². The number of hydrogen-bond donors (Lipinski definition) is 0. The molecule has 0 aromatic carbocycles. The minimum atomic E-state index is 0.756. The fraction of sp³-hybridized carbons (Fsp3) is 0.250. The van der Waals surface area contributed by atoms with Gasteiger partial charge in [0.15, 0.2) is 6.54 Å². The van der Waals surface area contributed by atoms with Gasteiger partial charge in [-0.05, 0) is 0 Å². The lowest BCUT2D eigenvalue weighted by Gasteiger charge is -1.85. The quantitative estimate of drug-likeness (QED) is 0.412. The van der Waals surface area contributed by atoms with Crippen LogP contribution in [0, 0.1) is 0 Å². The van der Waals surface area contributed by atoms with E-state index in [0.717, 1.165) is 6.54 Å². The molecule has 0 aromatic heterocycles. The zero-order chi connectivity index (χ0) is 5.11. The van der Waals surface area contributed by atoms with Gasteiger partial charge in [0.1, 0.15) is 0 Å². The molecule has 0 saturated carbocycles. The summed E-state index contributed by atoms with van der Waals surface area (Å²) >= 11 is 4.74. The Morgan fingerprint density at radius 2 is 2.57 bits per heavy atom. The van der Waals surface area contributed by atoms with Gasteiger partial charge in [0, 0.05) is 0 Å². The van der Waals surface area contributed by atoms with Crippen LogP contribution in [-0.2, 0) is 12.4 Å². The normalized spacial score (nSPS) is 18.0. The van der Waals surface area contributed by atoms with Gasteiger partial charge in [0.05, 0.1) is 12.4 Å². The van der Waals surface area contributed by atoms with Crippen LogP contribution < -0.4 is 0 Å². The van der Waals surface area contributed by atoms with Gasteiger partial charge in [0.25, 0.3) is 12.4 Å². The Morgan fingerprint density at radius 3 is 2.86 bits per heavy atom. The summed E-state index contributed by atoms with van der Waals surface area (Å²) in [7, 11) is 0. The standard InChI is InChI=1S/C4H5N2S/c7-6-3-1-5-2-4-6/h1-3H,4H2/q+1. The van der Waals surface area contributed by atoms with Crippen molar-refractivity contribution in [1.29, 1.82) is 0 Å². The highest BCUT2D eigenvalue weighted by Crippen LogP contribution is 1.82. The molecule has 0 saturated heterocycles. The Morgan fingerprint density at radius 1 is 1.71 bits per heavy atom. The highest BCUT2D eigenvalue weighted by Gasteiger charge is 1.95. The maximum atomic E-state index is 4.74. The Balaban J connectivity index is 2.66. The van der Waals surface area contributed by atoms with Crippen molar-refractivity contribution in [3.05, 3.63) is 12.4 Å². The third kappa shape index (κ3) is 1.16. The molecule has 0 aromatic rings. The summed E-state index contributed by atoms with van der Waals surface area (Å²) in [4.78, 5) is 3.81. The highest BCUT2D eigenvalue weighted by atomic mass is 32.1. The van der Waals surface area contributed by atoms with Gasteiger partial charge < -0.3 is 0 Å². The molecule has 36 valence electrons. The Labute approximate surface area is 47.3 Å². The average molecular weight is 113 g/mol. The van der Waals surface area contributed by atoms with E-state index in [1.54, 1.807) is 22.6 Å². The van der Waals surface area contributed by atoms with Gasteiger partial charge in [-0.2, -0.15) is 0 Å². The maximum Gasteiger partial charge on any atom is 0.270 e. The molecule has 0 amide bonds. The minimum Gasteiger partial charge on any atom is -0.256 e. The average Bonchev–Trinajstić information content (AvgIpc) is 1.69. The van der Waals surface area contributed by atoms with Crippen LogP contribution in [0.15, 0.2) is 17.4 Å². The molecule has 0 spiro atoms. The Bertz CT molecular complexity index is 137. The fourth-order valence-corrected chi connectivity index (χ4v) is 0.483. The van der Waals surface area contributed by atoms with Gasteiger partial charge >= 0.3 is 0 Å². The van der Waals surface area contributed by atoms with Gasteiger partial charge in [0.2, 0.25) is 6.20 Å². The minimum absolute atomic E-state index is 0.756. The zero-order valence-electron chi connectivity index (χ0n) is 3.74. The molecule has 7 heavy (non-hydrogen) atoms. The maximum absolute atomic E-state index is 4.74. The fourth-order valence-electron chi connectivity index (χ4n) is 0.362. The molecule has 1 aliphatic heterocycles. The summed E-state index contributed by atoms with van der Waals surface area (Å²) in [5.74, 6) is 0. The Kier molecular flexibility index (Phi) is 1.26. The number of nitrogens with zero attached hydrogens (tertiary/aromatic N) is 2. The second-order valence-corrected chi connectivity index (χ2v) is 1.70. The van der Waals surface area contributed by atoms with E-state index in [0.29, 0.717) is 0 Å². The van der Waals surface area contributed by atoms with Gasteiger partial charge in [-0.15, -0.1) is 3.95 Å². The second-order valence-electron chi connectivity index (χ2n) is 1.23. The van der Waals surface area contributed by atoms with Crippen molar-refractivity contribution in [1.82, 2.24) is 0 Å². The van der Waals surface area contributed by atoms with Crippen molar-refractivity contribution in [2.45, 2.75) is 0 Å². The van der Waals surface area contributed by atoms with Gasteiger partial charge in [-0.25, -0.2) is 0 Å². The Hall–Kier alpha value is -0.570. The summed E-state index contributed by atoms with van der Waals surface area (Å²) < 4.78 is 1.65. The summed E-state index contributed by atoms with van der Waals surface area (Å²) in [5.41, 5.74) is 0. The van der Waals surface area contributed by atoms with Gasteiger partial charge in [-0.3, -0.25) is 4.99 Å². The molecule has 3 heteroatoms. The van der Waals surface area contributed by atoms with Crippen molar-refractivity contribution in [2.75, 3.05) is 6.54 Å². The molecule has 1 rings (SSSR count). The highest BCUT2D eigenvalue weighted by molar-refractivity contribution is 7.44. The second kappa shape index (κ2) is 1.93. The van der Waals surface area contributed by atoms with Crippen LogP contribution >= 0.6 is 0 Å². The summed E-state index contributed by atoms with van der Waals surface area (Å²) in [6, 6.07) is 0. The molecule has 0 fully saturated rings. The molecule has 0 radical (unpaired) electrons. The van der Waals surface area contributed by atoms with E-state index >= 15 is 0 Å². The molecule has 0 N–H and O–H groups in total. The first kappa shape index (κ1) is 4.59. The van der Waals surface area contributed by atoms with Crippen LogP contribution in [0.3, 0.4) is 0 Å². The van der Waals surface area contributed by atoms with E-state index < -0.39 is 0 Å². The van der Waals surface area contributed by atoms with Gasteiger partial charge in [-0.1, -0.05) is 0 Å². The predicted molar refractivity (Wildman–Crippen MR) is 30.1 cm³/mol. The third-order valence-electron chi connectivity index (χ3n) is 0.686. The molecule has 1 aliphatic rings. The van der Waals surface area contributed by atoms with Crippen molar-refractivity contribution in [3.63, 3.8) is 0 Å². The largest absolute Gasteiger partial charge is 0.270 e. The van der Waals surface area contributed by atoms with Crippen LogP contribution in [-0.4, -0.2) is 16.7 Å². The van der Waals surface area contributed by atoms with Crippen LogP contribution in [0.5, 0.6) is 0 Å². The summed E-state index contributed by atoms with van der Waals surface area (Å²) in [6.45, 7) is 0.756. The molecule has 0 unspecified atom stereocenters. The van der Waals surface area contributed by atoms with Crippen molar-refractivity contribution < 1.29 is 3.95 Å². The lowest BCUT2D eigenvalue weighted by molar-refractivity contribution is -0.407. The monoisotopic (exact) mass is 113 g/mol. The van der Waals surface area contributed by atoms with Crippen LogP contribution in [0.25, 0.3) is 0 Å². The topological polar surface area (TPSA) is 15.4 Å².